The van der Waals surface area contributed by atoms with Crippen LogP contribution < -0.4 is 16.0 Å². The number of hydrogen-bond acceptors (Lipinski definition) is 12. The average molecular weight is 879 g/mol. The summed E-state index contributed by atoms with van der Waals surface area (Å²) in [6, 6.07) is 16.8. The number of likely N-dealkylation sites (tertiary alicyclic amines) is 1. The van der Waals surface area contributed by atoms with Crippen LogP contribution >= 0.6 is 11.3 Å². The Bertz CT molecular complexity index is 2200. The van der Waals surface area contributed by atoms with Crippen LogP contribution in [0, 0.1) is 18.3 Å². The van der Waals surface area contributed by atoms with Crippen molar-refractivity contribution in [3.05, 3.63) is 83.6 Å². The molecule has 2 aromatic heterocycles. The zero-order valence-corrected chi connectivity index (χ0v) is 38.5. The van der Waals surface area contributed by atoms with Crippen molar-refractivity contribution in [1.82, 2.24) is 30.3 Å². The molecule has 13 nitrogen and oxygen atoms in total. The van der Waals surface area contributed by atoms with E-state index >= 15 is 0 Å². The Morgan fingerprint density at radius 1 is 0.952 bits per heavy atom. The number of nitrogens with two attached hydrogens (primary N) is 1. The molecule has 2 fully saturated rings. The predicted molar refractivity (Wildman–Crippen MR) is 251 cm³/mol. The molecule has 338 valence electrons. The molecule has 4 heterocycles. The molecule has 2 aliphatic heterocycles. The molecule has 0 spiro atoms. The molecule has 2 saturated heterocycles. The Kier molecular flexibility index (Phi) is 16.0. The summed E-state index contributed by atoms with van der Waals surface area (Å²) in [6.45, 7) is 17.1. The van der Waals surface area contributed by atoms with Gasteiger partial charge in [0.15, 0.2) is 5.82 Å². The number of hydrogen-bond donors (Lipinski definition) is 4. The zero-order valence-electron chi connectivity index (χ0n) is 37.7. The van der Waals surface area contributed by atoms with Crippen molar-refractivity contribution in [1.29, 1.82) is 0 Å². The first-order chi connectivity index (χ1) is 30.1. The lowest BCUT2D eigenvalue weighted by Crippen LogP contribution is -2.49. The van der Waals surface area contributed by atoms with Crippen molar-refractivity contribution in [3.63, 3.8) is 0 Å². The second-order valence-electron chi connectivity index (χ2n) is 18.3. The first-order valence-corrected chi connectivity index (χ1v) is 23.4. The number of aliphatic hydroxyl groups is 1. The molecule has 4 aromatic rings. The summed E-state index contributed by atoms with van der Waals surface area (Å²) in [7, 11) is 0. The van der Waals surface area contributed by atoms with Crippen molar-refractivity contribution in [2.75, 3.05) is 43.4 Å². The highest BCUT2D eigenvalue weighted by molar-refractivity contribution is 7.13. The highest BCUT2D eigenvalue weighted by Crippen LogP contribution is 2.36. The third-order valence-corrected chi connectivity index (χ3v) is 13.6. The Labute approximate surface area is 376 Å². The van der Waals surface area contributed by atoms with Gasteiger partial charge in [-0.15, -0.1) is 21.5 Å². The van der Waals surface area contributed by atoms with Crippen LogP contribution in [0.3, 0.4) is 0 Å². The number of para-hydroxylation sites is 1. The number of Topliss-reactive ketones (excluding diaryl/α,β-unsaturated/α-hetero) is 1. The molecule has 4 atom stereocenters. The van der Waals surface area contributed by atoms with Gasteiger partial charge in [-0.05, 0) is 61.4 Å². The fourth-order valence-electron chi connectivity index (χ4n) is 8.77. The molecule has 63 heavy (non-hydrogen) atoms. The number of carbonyl (C=O) groups excluding carboxylic acids is 3. The zero-order chi connectivity index (χ0) is 45.3. The summed E-state index contributed by atoms with van der Waals surface area (Å²) < 4.78 is 0. The minimum atomic E-state index is -0.663. The SMILES string of the molecule is C=C(N[C@@H](C)c1ccc(-c2scnc2C)cc1)[C@@H]1C[C@@H](O)CN1C(=O)[C@@H](CC(=O)CCCCCCCCC(=O)N1CCN(c2cc(-c3ccccc3O)nnc2N)CC1)C(C)(C)C. The van der Waals surface area contributed by atoms with Crippen molar-refractivity contribution in [2.24, 2.45) is 11.3 Å². The largest absolute Gasteiger partial charge is 0.507 e. The highest BCUT2D eigenvalue weighted by Gasteiger charge is 2.43. The standard InChI is InChI=1S/C49H66N8O5S/c1-32(35-19-21-36(22-20-35)46-34(3)51-31-63-46)52-33(2)42-28-38(59)30-57(42)48(62)40(49(4,5)6)27-37(58)15-11-9-7-8-10-12-18-45(61)56-25-23-55(24-26-56)43-29-41(53-54-47(43)50)39-16-13-14-17-44(39)60/h13-14,16-17,19-22,29,31-32,38,40,42,52,59-60H,2,7-12,15,18,23-28,30H2,1,3-6H3,(H2,50,54)/t32-,38+,40+,42-/m0/s1. The highest BCUT2D eigenvalue weighted by atomic mass is 32.1. The van der Waals surface area contributed by atoms with Crippen LogP contribution in [0.5, 0.6) is 5.75 Å². The summed E-state index contributed by atoms with van der Waals surface area (Å²) in [5.74, 6) is 0.0719. The van der Waals surface area contributed by atoms with Crippen LogP contribution in [0.15, 0.2) is 72.4 Å². The Morgan fingerprint density at radius 2 is 1.62 bits per heavy atom. The van der Waals surface area contributed by atoms with Gasteiger partial charge in [-0.2, -0.15) is 0 Å². The van der Waals surface area contributed by atoms with Crippen molar-refractivity contribution < 1.29 is 24.6 Å². The van der Waals surface area contributed by atoms with Crippen molar-refractivity contribution in [2.45, 2.75) is 117 Å². The van der Waals surface area contributed by atoms with Crippen LogP contribution in [0.2, 0.25) is 0 Å². The molecule has 5 N–H and O–H groups in total. The number of β-amino-alcohol motifs (C(OH)–C–C–N with tert-alkyl or cyclic N) is 1. The van der Waals surface area contributed by atoms with Gasteiger partial charge < -0.3 is 36.0 Å². The van der Waals surface area contributed by atoms with Gasteiger partial charge in [0.05, 0.1) is 39.6 Å². The molecule has 0 unspecified atom stereocenters. The lowest BCUT2D eigenvalue weighted by molar-refractivity contribution is -0.142. The van der Waals surface area contributed by atoms with E-state index < -0.39 is 17.4 Å². The number of ketones is 1. The molecule has 14 heteroatoms. The Hall–Kier alpha value is -5.34. The fraction of sp³-hybridized carbons (Fsp3) is 0.510. The number of aromatic hydroxyl groups is 1. The van der Waals surface area contributed by atoms with Crippen LogP contribution in [0.1, 0.15) is 109 Å². The van der Waals surface area contributed by atoms with Crippen molar-refractivity contribution >= 4 is 40.4 Å². The number of phenolic OH excluding ortho intramolecular Hbond substituents is 1. The number of nitrogens with one attached hydrogen (secondary N) is 1. The maximum atomic E-state index is 14.2. The summed E-state index contributed by atoms with van der Waals surface area (Å²) >= 11 is 1.63. The van der Waals surface area contributed by atoms with Gasteiger partial charge in [0.1, 0.15) is 11.5 Å². The predicted octanol–water partition coefficient (Wildman–Crippen LogP) is 8.08. The molecule has 0 radical (unpaired) electrons. The maximum absolute atomic E-state index is 14.2. The number of piperazine rings is 1. The van der Waals surface area contributed by atoms with Crippen LogP contribution in [0.25, 0.3) is 21.7 Å². The molecular weight excluding hydrogens is 813 g/mol. The molecular formula is C49H66N8O5S. The first kappa shape index (κ1) is 47.1. The smallest absolute Gasteiger partial charge is 0.227 e. The number of phenols is 1. The number of nitrogens with zero attached hydrogens (tertiary/aromatic N) is 6. The van der Waals surface area contributed by atoms with Gasteiger partial charge in [-0.3, -0.25) is 14.4 Å². The van der Waals surface area contributed by atoms with E-state index in [2.05, 4.69) is 63.2 Å². The second-order valence-corrected chi connectivity index (χ2v) is 19.2. The minimum absolute atomic E-state index is 0.0645. The first-order valence-electron chi connectivity index (χ1n) is 22.5. The number of anilines is 2. The number of aliphatic hydroxyl groups excluding tert-OH is 1. The molecule has 2 amide bonds. The van der Waals surface area contributed by atoms with Gasteiger partial charge in [0.25, 0.3) is 0 Å². The third-order valence-electron chi connectivity index (χ3n) is 12.6. The fourth-order valence-corrected chi connectivity index (χ4v) is 9.58. The normalized spacial score (nSPS) is 17.7. The molecule has 0 aliphatic carbocycles. The quantitative estimate of drug-likeness (QED) is 0.0670. The summed E-state index contributed by atoms with van der Waals surface area (Å²) in [5, 5.41) is 32.9. The summed E-state index contributed by atoms with van der Waals surface area (Å²) in [6.07, 6.45) is 6.31. The lowest BCUT2D eigenvalue weighted by atomic mass is 9.76. The topological polar surface area (TPSA) is 178 Å². The van der Waals surface area contributed by atoms with Gasteiger partial charge >= 0.3 is 0 Å². The minimum Gasteiger partial charge on any atom is -0.507 e. The lowest BCUT2D eigenvalue weighted by Gasteiger charge is -2.36. The van der Waals surface area contributed by atoms with Crippen LogP contribution in [-0.4, -0.2) is 97.7 Å². The van der Waals surface area contributed by atoms with Crippen molar-refractivity contribution in [3.8, 4) is 27.4 Å². The number of nitrogen functional groups attached to an aromatic ring is 1. The van der Waals surface area contributed by atoms with Gasteiger partial charge in [-0.25, -0.2) is 4.98 Å². The van der Waals surface area contributed by atoms with E-state index in [4.69, 9.17) is 5.73 Å². The van der Waals surface area contributed by atoms with Gasteiger partial charge in [-0.1, -0.05) is 89.4 Å². The molecule has 2 aliphatic rings. The van der Waals surface area contributed by atoms with E-state index in [0.717, 1.165) is 65.9 Å². The Balaban J connectivity index is 0.883. The number of aryl methyl sites for hydroxylation is 1. The number of carbonyl (C=O) groups is 3. The van der Waals surface area contributed by atoms with E-state index in [1.165, 1.54) is 0 Å². The molecule has 0 bridgehead atoms. The molecule has 6 rings (SSSR count). The maximum Gasteiger partial charge on any atom is 0.227 e. The number of benzene rings is 2. The average Bonchev–Trinajstić information content (AvgIpc) is 3.88. The molecule has 0 saturated carbocycles. The van der Waals surface area contributed by atoms with E-state index in [1.807, 2.05) is 50.2 Å². The Morgan fingerprint density at radius 3 is 2.27 bits per heavy atom. The second kappa shape index (κ2) is 21.4. The van der Waals surface area contributed by atoms with Crippen LogP contribution in [-0.2, 0) is 14.4 Å². The third kappa shape index (κ3) is 12.2. The van der Waals surface area contributed by atoms with Gasteiger partial charge in [0.2, 0.25) is 11.8 Å². The number of thiazole rings is 1. The number of rotatable bonds is 19. The summed E-state index contributed by atoms with van der Waals surface area (Å²) in [4.78, 5) is 51.9. The van der Waals surface area contributed by atoms with E-state index in [0.29, 0.717) is 68.2 Å². The van der Waals surface area contributed by atoms with E-state index in [1.54, 1.807) is 34.4 Å². The number of unbranched alkanes of at least 4 members (excludes halogenated alkanes) is 5. The molecule has 2 aromatic carbocycles. The number of amides is 2. The van der Waals surface area contributed by atoms with E-state index in [-0.39, 0.29) is 48.4 Å². The van der Waals surface area contributed by atoms with E-state index in [9.17, 15) is 24.6 Å². The monoisotopic (exact) mass is 878 g/mol. The summed E-state index contributed by atoms with van der Waals surface area (Å²) in [5.41, 5.74) is 13.4. The van der Waals surface area contributed by atoms with Gasteiger partial charge in [0, 0.05) is 81.6 Å². The number of aromatic nitrogens is 3. The van der Waals surface area contributed by atoms with Crippen LogP contribution in [0.4, 0.5) is 11.5 Å².